The summed E-state index contributed by atoms with van der Waals surface area (Å²) in [7, 11) is 0. The molecule has 2 heterocycles. The highest BCUT2D eigenvalue weighted by molar-refractivity contribution is 5.78. The van der Waals surface area contributed by atoms with Gasteiger partial charge in [0.25, 0.3) is 0 Å². The van der Waals surface area contributed by atoms with Crippen LogP contribution in [0.3, 0.4) is 0 Å². The highest BCUT2D eigenvalue weighted by atomic mass is 16.2. The van der Waals surface area contributed by atoms with Gasteiger partial charge in [-0.1, -0.05) is 0 Å². The van der Waals surface area contributed by atoms with Gasteiger partial charge < -0.3 is 4.90 Å². The van der Waals surface area contributed by atoms with Crippen molar-refractivity contribution < 1.29 is 4.79 Å². The molecule has 5 nitrogen and oxygen atoms in total. The van der Waals surface area contributed by atoms with Crippen LogP contribution < -0.4 is 0 Å². The van der Waals surface area contributed by atoms with Crippen LogP contribution in [-0.2, 0) is 4.79 Å². The van der Waals surface area contributed by atoms with E-state index in [2.05, 4.69) is 15.9 Å². The summed E-state index contributed by atoms with van der Waals surface area (Å²) >= 11 is 0. The van der Waals surface area contributed by atoms with Crippen molar-refractivity contribution in [2.75, 3.05) is 45.8 Å². The Morgan fingerprint density at radius 2 is 2.05 bits per heavy atom. The minimum Gasteiger partial charge on any atom is -0.341 e. The smallest absolute Gasteiger partial charge is 0.236 e. The highest BCUT2D eigenvalue weighted by Crippen LogP contribution is 2.20. The Bertz CT molecular complexity index is 400. The molecule has 2 aliphatic heterocycles. The quantitative estimate of drug-likeness (QED) is 0.747. The van der Waals surface area contributed by atoms with Gasteiger partial charge in [-0.3, -0.25) is 14.6 Å². The van der Waals surface area contributed by atoms with E-state index in [1.807, 2.05) is 18.7 Å². The van der Waals surface area contributed by atoms with Crippen molar-refractivity contribution in [1.82, 2.24) is 14.7 Å². The van der Waals surface area contributed by atoms with Crippen LogP contribution in [0, 0.1) is 17.2 Å². The third kappa shape index (κ3) is 4.69. The van der Waals surface area contributed by atoms with Gasteiger partial charge in [-0.2, -0.15) is 5.26 Å². The molecule has 2 rings (SSSR count). The predicted molar refractivity (Wildman–Crippen MR) is 87.3 cm³/mol. The third-order valence-electron chi connectivity index (χ3n) is 4.95. The van der Waals surface area contributed by atoms with Gasteiger partial charge in [-0.15, -0.1) is 0 Å². The van der Waals surface area contributed by atoms with Crippen molar-refractivity contribution in [3.05, 3.63) is 0 Å². The van der Waals surface area contributed by atoms with Crippen LogP contribution in [0.25, 0.3) is 0 Å². The topological polar surface area (TPSA) is 50.6 Å². The van der Waals surface area contributed by atoms with E-state index in [4.69, 9.17) is 5.26 Å². The van der Waals surface area contributed by atoms with Gasteiger partial charge in [0, 0.05) is 25.7 Å². The fraction of sp³-hybridized carbons (Fsp3) is 0.882. The molecule has 0 aliphatic carbocycles. The van der Waals surface area contributed by atoms with Crippen molar-refractivity contribution in [2.45, 2.75) is 45.6 Å². The third-order valence-corrected chi connectivity index (χ3v) is 4.95. The van der Waals surface area contributed by atoms with Crippen molar-refractivity contribution in [2.24, 2.45) is 5.92 Å². The predicted octanol–water partition coefficient (Wildman–Crippen LogP) is 1.55. The minimum absolute atomic E-state index is 0.0948. The second-order valence-corrected chi connectivity index (χ2v) is 6.74. The molecule has 0 spiro atoms. The molecule has 0 unspecified atom stereocenters. The summed E-state index contributed by atoms with van der Waals surface area (Å²) in [5.41, 5.74) is 0. The molecule has 0 N–H and O–H groups in total. The van der Waals surface area contributed by atoms with Gasteiger partial charge in [0.1, 0.15) is 0 Å². The van der Waals surface area contributed by atoms with Gasteiger partial charge in [0.2, 0.25) is 5.91 Å². The van der Waals surface area contributed by atoms with Crippen molar-refractivity contribution in [3.8, 4) is 6.07 Å². The van der Waals surface area contributed by atoms with E-state index in [0.717, 1.165) is 13.1 Å². The molecule has 1 amide bonds. The average Bonchev–Trinajstić information content (AvgIpc) is 3.06. The Morgan fingerprint density at radius 1 is 1.32 bits per heavy atom. The first kappa shape index (κ1) is 17.2. The Hall–Kier alpha value is -1.12. The summed E-state index contributed by atoms with van der Waals surface area (Å²) in [6, 6.07) is 2.85. The van der Waals surface area contributed by atoms with Crippen LogP contribution in [-0.4, -0.2) is 72.5 Å². The molecule has 2 atom stereocenters. The zero-order valence-corrected chi connectivity index (χ0v) is 14.1. The molecule has 5 heteroatoms. The maximum absolute atomic E-state index is 12.5. The molecule has 2 saturated heterocycles. The zero-order chi connectivity index (χ0) is 15.9. The van der Waals surface area contributed by atoms with Gasteiger partial charge in [0.05, 0.1) is 18.5 Å². The lowest BCUT2D eigenvalue weighted by Gasteiger charge is -2.38. The largest absolute Gasteiger partial charge is 0.341 e. The number of nitriles is 1. The summed E-state index contributed by atoms with van der Waals surface area (Å²) < 4.78 is 0. The van der Waals surface area contributed by atoms with Gasteiger partial charge in [-0.05, 0) is 59.2 Å². The molecule has 0 saturated carbocycles. The molecule has 0 radical (unpaired) electrons. The minimum atomic E-state index is -0.0948. The number of amides is 1. The van der Waals surface area contributed by atoms with Gasteiger partial charge in [0.15, 0.2) is 0 Å². The van der Waals surface area contributed by atoms with Crippen molar-refractivity contribution in [3.63, 3.8) is 0 Å². The molecule has 0 aromatic carbocycles. The lowest BCUT2D eigenvalue weighted by atomic mass is 10.0. The van der Waals surface area contributed by atoms with E-state index in [1.165, 1.54) is 38.8 Å². The molecule has 22 heavy (non-hydrogen) atoms. The fourth-order valence-electron chi connectivity index (χ4n) is 3.65. The SMILES string of the molecule is CCN(C[C@H](C)C#N)C(=O)CN1CCC[C@H](N2CCCC2)C1. The highest BCUT2D eigenvalue weighted by Gasteiger charge is 2.28. The monoisotopic (exact) mass is 306 g/mol. The number of hydrogen-bond acceptors (Lipinski definition) is 4. The van der Waals surface area contributed by atoms with Crippen LogP contribution in [0.4, 0.5) is 0 Å². The molecule has 2 fully saturated rings. The fourth-order valence-corrected chi connectivity index (χ4v) is 3.65. The van der Waals surface area contributed by atoms with Crippen molar-refractivity contribution in [1.29, 1.82) is 5.26 Å². The standard InChI is InChI=1S/C17H30N4O/c1-3-20(12-15(2)11-18)17(22)14-19-8-6-7-16(13-19)21-9-4-5-10-21/h15-16H,3-10,12-14H2,1-2H3/t15-,16+/m1/s1. The Labute approximate surface area is 134 Å². The summed E-state index contributed by atoms with van der Waals surface area (Å²) in [6.07, 6.45) is 5.11. The second-order valence-electron chi connectivity index (χ2n) is 6.74. The molecule has 2 aliphatic rings. The molecule has 0 bridgehead atoms. The van der Waals surface area contributed by atoms with Crippen LogP contribution in [0.1, 0.15) is 39.5 Å². The number of likely N-dealkylation sites (tertiary alicyclic amines) is 2. The number of hydrogen-bond donors (Lipinski definition) is 0. The summed E-state index contributed by atoms with van der Waals surface area (Å²) in [5, 5.41) is 8.93. The van der Waals surface area contributed by atoms with Gasteiger partial charge >= 0.3 is 0 Å². The summed E-state index contributed by atoms with van der Waals surface area (Å²) in [6.45, 7) is 10.1. The first-order chi connectivity index (χ1) is 10.6. The molecular formula is C17H30N4O. The number of carbonyl (C=O) groups is 1. The number of nitrogens with zero attached hydrogens (tertiary/aromatic N) is 4. The molecule has 0 aromatic rings. The molecule has 124 valence electrons. The lowest BCUT2D eigenvalue weighted by Crippen LogP contribution is -2.50. The first-order valence-corrected chi connectivity index (χ1v) is 8.77. The molecular weight excluding hydrogens is 276 g/mol. The van der Waals surface area contributed by atoms with Crippen LogP contribution in [0.2, 0.25) is 0 Å². The van der Waals surface area contributed by atoms with Crippen LogP contribution in [0.15, 0.2) is 0 Å². The normalized spacial score (nSPS) is 24.9. The zero-order valence-electron chi connectivity index (χ0n) is 14.1. The maximum atomic E-state index is 12.5. The van der Waals surface area contributed by atoms with E-state index < -0.39 is 0 Å². The number of rotatable bonds is 6. The first-order valence-electron chi connectivity index (χ1n) is 8.77. The average molecular weight is 306 g/mol. The van der Waals surface area contributed by atoms with Crippen LogP contribution >= 0.6 is 0 Å². The van der Waals surface area contributed by atoms with E-state index >= 15 is 0 Å². The molecule has 0 aromatic heterocycles. The van der Waals surface area contributed by atoms with E-state index in [1.54, 1.807) is 0 Å². The Balaban J connectivity index is 1.83. The van der Waals surface area contributed by atoms with Crippen LogP contribution in [0.5, 0.6) is 0 Å². The lowest BCUT2D eigenvalue weighted by molar-refractivity contribution is -0.133. The van der Waals surface area contributed by atoms with Gasteiger partial charge in [-0.25, -0.2) is 0 Å². The number of carbonyl (C=O) groups excluding carboxylic acids is 1. The number of piperidine rings is 1. The second kappa shape index (κ2) is 8.50. The maximum Gasteiger partial charge on any atom is 0.236 e. The summed E-state index contributed by atoms with van der Waals surface area (Å²) in [4.78, 5) is 19.2. The Kier molecular flexibility index (Phi) is 6.66. The number of likely N-dealkylation sites (N-methyl/N-ethyl adjacent to an activating group) is 1. The van der Waals surface area contributed by atoms with E-state index in [0.29, 0.717) is 25.7 Å². The summed E-state index contributed by atoms with van der Waals surface area (Å²) in [5.74, 6) is 0.0780. The van der Waals surface area contributed by atoms with E-state index in [-0.39, 0.29) is 11.8 Å². The Morgan fingerprint density at radius 3 is 2.68 bits per heavy atom. The van der Waals surface area contributed by atoms with Crippen molar-refractivity contribution >= 4 is 5.91 Å². The van der Waals surface area contributed by atoms with E-state index in [9.17, 15) is 4.79 Å².